The second kappa shape index (κ2) is 5.51. The van der Waals surface area contributed by atoms with Crippen LogP contribution in [0.4, 0.5) is 10.5 Å². The highest BCUT2D eigenvalue weighted by Gasteiger charge is 2.42. The molecule has 1 aromatic rings. The van der Waals surface area contributed by atoms with Crippen molar-refractivity contribution in [3.63, 3.8) is 0 Å². The van der Waals surface area contributed by atoms with E-state index in [-0.39, 0.29) is 12.6 Å². The lowest BCUT2D eigenvalue weighted by molar-refractivity contribution is 0.159. The Morgan fingerprint density at radius 1 is 1.53 bits per heavy atom. The van der Waals surface area contributed by atoms with Crippen molar-refractivity contribution < 1.29 is 9.90 Å². The molecule has 1 atom stereocenters. The van der Waals surface area contributed by atoms with E-state index in [1.807, 2.05) is 32.0 Å². The average Bonchev–Trinajstić information content (AvgIpc) is 3.18. The van der Waals surface area contributed by atoms with Gasteiger partial charge < -0.3 is 15.7 Å². The van der Waals surface area contributed by atoms with Gasteiger partial charge in [-0.3, -0.25) is 0 Å². The standard InChI is InChI=1S/C14H19BrN2O2/c1-9-7-11(5-6-12(9)15)16-13(19)17-14(2,8-18)10-3-4-10/h5-7,10,18H,3-4,8H2,1-2H3,(H2,16,17,19). The minimum atomic E-state index is -0.519. The first kappa shape index (κ1) is 14.3. The van der Waals surface area contributed by atoms with Crippen molar-refractivity contribution in [1.29, 1.82) is 0 Å². The maximum atomic E-state index is 12.0. The van der Waals surface area contributed by atoms with Gasteiger partial charge in [0.1, 0.15) is 0 Å². The predicted molar refractivity (Wildman–Crippen MR) is 79.2 cm³/mol. The summed E-state index contributed by atoms with van der Waals surface area (Å²) in [6.07, 6.45) is 2.13. The summed E-state index contributed by atoms with van der Waals surface area (Å²) in [7, 11) is 0. The Bertz CT molecular complexity index is 488. The largest absolute Gasteiger partial charge is 0.394 e. The third kappa shape index (κ3) is 3.48. The summed E-state index contributed by atoms with van der Waals surface area (Å²) >= 11 is 3.42. The van der Waals surface area contributed by atoms with E-state index in [2.05, 4.69) is 26.6 Å². The van der Waals surface area contributed by atoms with E-state index in [9.17, 15) is 9.90 Å². The fourth-order valence-corrected chi connectivity index (χ4v) is 2.38. The Kier molecular flexibility index (Phi) is 4.16. The highest BCUT2D eigenvalue weighted by atomic mass is 79.9. The van der Waals surface area contributed by atoms with Crippen LogP contribution in [0, 0.1) is 12.8 Å². The topological polar surface area (TPSA) is 61.4 Å². The normalized spacial score (nSPS) is 17.7. The first-order valence-electron chi connectivity index (χ1n) is 6.41. The zero-order valence-corrected chi connectivity index (χ0v) is 12.8. The van der Waals surface area contributed by atoms with Gasteiger partial charge in [0.05, 0.1) is 12.1 Å². The Morgan fingerprint density at radius 3 is 2.74 bits per heavy atom. The highest BCUT2D eigenvalue weighted by molar-refractivity contribution is 9.10. The molecule has 2 rings (SSSR count). The molecule has 1 unspecified atom stereocenters. The van der Waals surface area contributed by atoms with Gasteiger partial charge in [-0.2, -0.15) is 0 Å². The molecule has 5 heteroatoms. The molecule has 0 aromatic heterocycles. The summed E-state index contributed by atoms with van der Waals surface area (Å²) < 4.78 is 1.01. The summed E-state index contributed by atoms with van der Waals surface area (Å²) in [4.78, 5) is 12.0. The predicted octanol–water partition coefficient (Wildman–Crippen LogP) is 3.04. The SMILES string of the molecule is Cc1cc(NC(=O)NC(C)(CO)C2CC2)ccc1Br. The molecule has 2 amide bonds. The molecule has 0 spiro atoms. The number of halogens is 1. The lowest BCUT2D eigenvalue weighted by Crippen LogP contribution is -2.52. The second-order valence-corrected chi connectivity index (χ2v) is 6.25. The molecule has 0 heterocycles. The van der Waals surface area contributed by atoms with Crippen molar-refractivity contribution >= 4 is 27.6 Å². The molecule has 0 bridgehead atoms. The molecule has 19 heavy (non-hydrogen) atoms. The molecule has 0 radical (unpaired) electrons. The third-order valence-electron chi connectivity index (χ3n) is 3.62. The highest BCUT2D eigenvalue weighted by Crippen LogP contribution is 2.39. The van der Waals surface area contributed by atoms with Gasteiger partial charge in [0.15, 0.2) is 0 Å². The van der Waals surface area contributed by atoms with Gasteiger partial charge in [0.25, 0.3) is 0 Å². The molecule has 1 aromatic carbocycles. The first-order valence-corrected chi connectivity index (χ1v) is 7.20. The summed E-state index contributed by atoms with van der Waals surface area (Å²) in [6, 6.07) is 5.36. The number of benzene rings is 1. The number of aliphatic hydroxyl groups is 1. The van der Waals surface area contributed by atoms with Crippen molar-refractivity contribution in [1.82, 2.24) is 5.32 Å². The number of aliphatic hydroxyl groups excluding tert-OH is 1. The maximum Gasteiger partial charge on any atom is 0.319 e. The Labute approximate surface area is 121 Å². The van der Waals surface area contributed by atoms with Crippen LogP contribution in [0.15, 0.2) is 22.7 Å². The number of aryl methyl sites for hydroxylation is 1. The number of amides is 2. The number of urea groups is 1. The van der Waals surface area contributed by atoms with E-state index in [4.69, 9.17) is 0 Å². The molecule has 1 aliphatic rings. The van der Waals surface area contributed by atoms with Gasteiger partial charge in [-0.05, 0) is 56.4 Å². The van der Waals surface area contributed by atoms with Crippen molar-refractivity contribution in [2.24, 2.45) is 5.92 Å². The molecular formula is C14H19BrN2O2. The zero-order valence-electron chi connectivity index (χ0n) is 11.2. The molecule has 1 saturated carbocycles. The number of carbonyl (C=O) groups excluding carboxylic acids is 1. The summed E-state index contributed by atoms with van der Waals surface area (Å²) in [5, 5.41) is 15.1. The molecule has 104 valence electrons. The van der Waals surface area contributed by atoms with E-state index in [0.29, 0.717) is 5.92 Å². The monoisotopic (exact) mass is 326 g/mol. The third-order valence-corrected chi connectivity index (χ3v) is 4.51. The van der Waals surface area contributed by atoms with Crippen molar-refractivity contribution in [2.75, 3.05) is 11.9 Å². The molecule has 0 saturated heterocycles. The number of rotatable bonds is 4. The van der Waals surface area contributed by atoms with Gasteiger partial charge in [-0.25, -0.2) is 4.79 Å². The van der Waals surface area contributed by atoms with Crippen LogP contribution >= 0.6 is 15.9 Å². The summed E-state index contributed by atoms with van der Waals surface area (Å²) in [6.45, 7) is 3.82. The Morgan fingerprint density at radius 2 is 2.21 bits per heavy atom. The van der Waals surface area contributed by atoms with Crippen molar-refractivity contribution in [2.45, 2.75) is 32.2 Å². The lowest BCUT2D eigenvalue weighted by atomic mass is 9.97. The quantitative estimate of drug-likeness (QED) is 0.796. The van der Waals surface area contributed by atoms with E-state index in [1.54, 1.807) is 0 Å². The fraction of sp³-hybridized carbons (Fsp3) is 0.500. The van der Waals surface area contributed by atoms with E-state index in [0.717, 1.165) is 28.6 Å². The molecule has 3 N–H and O–H groups in total. The van der Waals surface area contributed by atoms with Crippen LogP contribution in [0.1, 0.15) is 25.3 Å². The molecule has 4 nitrogen and oxygen atoms in total. The number of hydrogen-bond donors (Lipinski definition) is 3. The van der Waals surface area contributed by atoms with Crippen LogP contribution in [-0.4, -0.2) is 23.3 Å². The van der Waals surface area contributed by atoms with Crippen molar-refractivity contribution in [3.05, 3.63) is 28.2 Å². The van der Waals surface area contributed by atoms with Crippen LogP contribution in [-0.2, 0) is 0 Å². The average molecular weight is 327 g/mol. The Balaban J connectivity index is 1.98. The number of nitrogens with one attached hydrogen (secondary N) is 2. The number of anilines is 1. The van der Waals surface area contributed by atoms with Gasteiger partial charge in [0.2, 0.25) is 0 Å². The van der Waals surface area contributed by atoms with Crippen LogP contribution in [0.3, 0.4) is 0 Å². The summed E-state index contributed by atoms with van der Waals surface area (Å²) in [5.74, 6) is 0.384. The smallest absolute Gasteiger partial charge is 0.319 e. The minimum Gasteiger partial charge on any atom is -0.394 e. The van der Waals surface area contributed by atoms with E-state index in [1.165, 1.54) is 0 Å². The number of carbonyl (C=O) groups is 1. The van der Waals surface area contributed by atoms with Crippen LogP contribution < -0.4 is 10.6 Å². The van der Waals surface area contributed by atoms with E-state index < -0.39 is 5.54 Å². The zero-order chi connectivity index (χ0) is 14.0. The molecular weight excluding hydrogens is 308 g/mol. The number of hydrogen-bond acceptors (Lipinski definition) is 2. The van der Waals surface area contributed by atoms with Crippen LogP contribution in [0.25, 0.3) is 0 Å². The lowest BCUT2D eigenvalue weighted by Gasteiger charge is -2.28. The molecule has 1 fully saturated rings. The van der Waals surface area contributed by atoms with Gasteiger partial charge in [0, 0.05) is 10.2 Å². The van der Waals surface area contributed by atoms with E-state index >= 15 is 0 Å². The van der Waals surface area contributed by atoms with Gasteiger partial charge in [-0.1, -0.05) is 15.9 Å². The van der Waals surface area contributed by atoms with Gasteiger partial charge >= 0.3 is 6.03 Å². The Hall–Kier alpha value is -1.07. The molecule has 1 aliphatic carbocycles. The van der Waals surface area contributed by atoms with Crippen molar-refractivity contribution in [3.8, 4) is 0 Å². The minimum absolute atomic E-state index is 0.0372. The van der Waals surface area contributed by atoms with Crippen LogP contribution in [0.5, 0.6) is 0 Å². The fourth-order valence-electron chi connectivity index (χ4n) is 2.14. The molecule has 0 aliphatic heterocycles. The summed E-state index contributed by atoms with van der Waals surface area (Å²) in [5.41, 5.74) is 1.29. The second-order valence-electron chi connectivity index (χ2n) is 5.39. The van der Waals surface area contributed by atoms with Gasteiger partial charge in [-0.15, -0.1) is 0 Å². The maximum absolute atomic E-state index is 12.0. The van der Waals surface area contributed by atoms with Crippen LogP contribution in [0.2, 0.25) is 0 Å². The first-order chi connectivity index (χ1) is 8.94.